The molecule has 0 bridgehead atoms. The number of nitrogens with zero attached hydrogens (tertiary/aromatic N) is 1. The van der Waals surface area contributed by atoms with E-state index in [-0.39, 0.29) is 21.9 Å². The molecule has 11 heteroatoms. The van der Waals surface area contributed by atoms with Gasteiger partial charge in [-0.25, -0.2) is 10.2 Å². The molecule has 7 nitrogen and oxygen atoms in total. The molecule has 2 amide bonds. The fraction of sp³-hybridized carbons (Fsp3) is 0. The van der Waals surface area contributed by atoms with Gasteiger partial charge in [0.1, 0.15) is 0 Å². The number of anilines is 1. The first kappa shape index (κ1) is 28.5. The number of carbonyl (C=O) groups is 3. The molecule has 0 heterocycles. The Morgan fingerprint density at radius 3 is 2.31 bits per heavy atom. The summed E-state index contributed by atoms with van der Waals surface area (Å²) in [6.45, 7) is 0. The van der Waals surface area contributed by atoms with Crippen LogP contribution in [0.1, 0.15) is 36.6 Å². The Bertz CT molecular complexity index is 1600. The topological polar surface area (TPSA) is 96.9 Å². The maximum absolute atomic E-state index is 12.7. The van der Waals surface area contributed by atoms with Crippen LogP contribution in [-0.2, 0) is 0 Å². The monoisotopic (exact) mass is 687 g/mol. The van der Waals surface area contributed by atoms with Crippen LogP contribution < -0.4 is 15.5 Å². The number of benzene rings is 4. The number of nitrogens with one attached hydrogen (secondary N) is 2. The number of hydrogen-bond acceptors (Lipinski definition) is 5. The predicted molar refractivity (Wildman–Crippen MR) is 159 cm³/mol. The van der Waals surface area contributed by atoms with Crippen LogP contribution in [0.15, 0.2) is 99.0 Å². The maximum atomic E-state index is 12.7. The van der Waals surface area contributed by atoms with Gasteiger partial charge in [-0.05, 0) is 76.6 Å². The van der Waals surface area contributed by atoms with Gasteiger partial charge >= 0.3 is 5.97 Å². The molecule has 4 rings (SSSR count). The normalized spacial score (nSPS) is 10.8. The number of esters is 1. The summed E-state index contributed by atoms with van der Waals surface area (Å²) in [7, 11) is 0. The standard InChI is InChI=1S/C28H17Br2Cl2N3O4/c29-19-11-18(25(23(30)13-19)39-28(38)16-5-2-1-3-6-16)15-33-35-26(36)17-7-4-8-21(12-17)34-27(37)22-10-9-20(31)14-24(22)32/h1-15H,(H,34,37)(H,35,36). The van der Waals surface area contributed by atoms with Crippen molar-refractivity contribution in [2.75, 3.05) is 5.32 Å². The Morgan fingerprint density at radius 2 is 1.56 bits per heavy atom. The summed E-state index contributed by atoms with van der Waals surface area (Å²) in [5, 5.41) is 7.34. The van der Waals surface area contributed by atoms with Gasteiger partial charge < -0.3 is 10.1 Å². The van der Waals surface area contributed by atoms with E-state index in [1.807, 2.05) is 0 Å². The minimum absolute atomic E-state index is 0.205. The summed E-state index contributed by atoms with van der Waals surface area (Å²) in [4.78, 5) is 37.9. The molecule has 4 aromatic rings. The highest BCUT2D eigenvalue weighted by molar-refractivity contribution is 9.11. The zero-order chi connectivity index (χ0) is 27.9. The number of hydrazone groups is 1. The molecule has 2 N–H and O–H groups in total. The quantitative estimate of drug-likeness (QED) is 0.0898. The summed E-state index contributed by atoms with van der Waals surface area (Å²) in [5.74, 6) is -1.29. The van der Waals surface area contributed by atoms with Crippen molar-refractivity contribution in [3.8, 4) is 5.75 Å². The largest absolute Gasteiger partial charge is 0.421 e. The number of amides is 2. The second-order valence-electron chi connectivity index (χ2n) is 7.92. The molecular weight excluding hydrogens is 673 g/mol. The fourth-order valence-electron chi connectivity index (χ4n) is 3.34. The van der Waals surface area contributed by atoms with Crippen LogP contribution in [0.5, 0.6) is 5.75 Å². The van der Waals surface area contributed by atoms with Crippen LogP contribution in [0.2, 0.25) is 10.0 Å². The van der Waals surface area contributed by atoms with Gasteiger partial charge in [-0.15, -0.1) is 0 Å². The van der Waals surface area contributed by atoms with E-state index in [9.17, 15) is 14.4 Å². The first-order chi connectivity index (χ1) is 18.7. The van der Waals surface area contributed by atoms with E-state index in [0.717, 1.165) is 0 Å². The fourth-order valence-corrected chi connectivity index (χ4v) is 5.18. The van der Waals surface area contributed by atoms with E-state index in [1.165, 1.54) is 24.4 Å². The molecule has 4 aromatic carbocycles. The molecule has 0 unspecified atom stereocenters. The van der Waals surface area contributed by atoms with E-state index in [4.69, 9.17) is 27.9 Å². The summed E-state index contributed by atoms with van der Waals surface area (Å²) in [6.07, 6.45) is 1.36. The Labute approximate surface area is 250 Å². The van der Waals surface area contributed by atoms with E-state index in [1.54, 1.807) is 66.7 Å². The van der Waals surface area contributed by atoms with Gasteiger partial charge in [-0.2, -0.15) is 5.10 Å². The van der Waals surface area contributed by atoms with Crippen LogP contribution in [0.4, 0.5) is 5.69 Å². The number of ether oxygens (including phenoxy) is 1. The van der Waals surface area contributed by atoms with Crippen molar-refractivity contribution < 1.29 is 19.1 Å². The van der Waals surface area contributed by atoms with Crippen molar-refractivity contribution in [1.82, 2.24) is 5.43 Å². The highest BCUT2D eigenvalue weighted by Gasteiger charge is 2.16. The van der Waals surface area contributed by atoms with Crippen molar-refractivity contribution in [2.45, 2.75) is 0 Å². The Morgan fingerprint density at radius 1 is 0.821 bits per heavy atom. The molecule has 0 aliphatic rings. The number of halogens is 4. The molecule has 39 heavy (non-hydrogen) atoms. The average Bonchev–Trinajstić information content (AvgIpc) is 2.91. The van der Waals surface area contributed by atoms with Crippen LogP contribution in [0.25, 0.3) is 0 Å². The lowest BCUT2D eigenvalue weighted by molar-refractivity contribution is 0.0732. The molecule has 0 aliphatic carbocycles. The van der Waals surface area contributed by atoms with Crippen molar-refractivity contribution in [3.05, 3.63) is 126 Å². The van der Waals surface area contributed by atoms with Crippen LogP contribution >= 0.6 is 55.1 Å². The molecular formula is C28H17Br2Cl2N3O4. The van der Waals surface area contributed by atoms with Crippen molar-refractivity contribution in [2.24, 2.45) is 5.10 Å². The number of hydrogen-bond donors (Lipinski definition) is 2. The SMILES string of the molecule is O=C(NN=Cc1cc(Br)cc(Br)c1OC(=O)c1ccccc1)c1cccc(NC(=O)c2ccc(Cl)cc2Cl)c1. The summed E-state index contributed by atoms with van der Waals surface area (Å²) < 4.78 is 6.81. The van der Waals surface area contributed by atoms with Gasteiger partial charge in [0.2, 0.25) is 0 Å². The first-order valence-electron chi connectivity index (χ1n) is 11.2. The van der Waals surface area contributed by atoms with Crippen LogP contribution in [0, 0.1) is 0 Å². The summed E-state index contributed by atoms with van der Waals surface area (Å²) in [6, 6.07) is 22.8. The van der Waals surface area contributed by atoms with Crippen LogP contribution in [-0.4, -0.2) is 24.0 Å². The van der Waals surface area contributed by atoms with Gasteiger partial charge in [0.15, 0.2) is 5.75 Å². The predicted octanol–water partition coefficient (Wildman–Crippen LogP) is 7.75. The van der Waals surface area contributed by atoms with E-state index in [0.29, 0.717) is 30.8 Å². The zero-order valence-corrected chi connectivity index (χ0v) is 24.4. The highest BCUT2D eigenvalue weighted by atomic mass is 79.9. The Balaban J connectivity index is 1.46. The van der Waals surface area contributed by atoms with Gasteiger partial charge in [0, 0.05) is 26.3 Å². The molecule has 196 valence electrons. The molecule has 0 radical (unpaired) electrons. The molecule has 0 fully saturated rings. The van der Waals surface area contributed by atoms with Gasteiger partial charge in [0.05, 0.1) is 26.8 Å². The lowest BCUT2D eigenvalue weighted by Crippen LogP contribution is -2.18. The molecule has 0 atom stereocenters. The van der Waals surface area contributed by atoms with Crippen molar-refractivity contribution in [1.29, 1.82) is 0 Å². The first-order valence-corrected chi connectivity index (χ1v) is 13.5. The second-order valence-corrected chi connectivity index (χ2v) is 10.5. The third-order valence-corrected chi connectivity index (χ3v) is 6.76. The van der Waals surface area contributed by atoms with Crippen LogP contribution in [0.3, 0.4) is 0 Å². The third-order valence-electron chi connectivity index (χ3n) is 5.17. The maximum Gasteiger partial charge on any atom is 0.343 e. The van der Waals surface area contributed by atoms with Gasteiger partial charge in [0.25, 0.3) is 11.8 Å². The van der Waals surface area contributed by atoms with E-state index in [2.05, 4.69) is 47.7 Å². The van der Waals surface area contributed by atoms with Gasteiger partial charge in [-0.1, -0.05) is 63.4 Å². The second kappa shape index (κ2) is 13.0. The van der Waals surface area contributed by atoms with E-state index < -0.39 is 17.8 Å². The minimum atomic E-state index is -0.545. The lowest BCUT2D eigenvalue weighted by Gasteiger charge is -2.11. The van der Waals surface area contributed by atoms with Crippen molar-refractivity contribution in [3.63, 3.8) is 0 Å². The average molecular weight is 690 g/mol. The Kier molecular flexibility index (Phi) is 9.53. The molecule has 0 aromatic heterocycles. The lowest BCUT2D eigenvalue weighted by atomic mass is 10.1. The van der Waals surface area contributed by atoms with E-state index >= 15 is 0 Å². The molecule has 0 saturated heterocycles. The molecule has 0 saturated carbocycles. The highest BCUT2D eigenvalue weighted by Crippen LogP contribution is 2.32. The van der Waals surface area contributed by atoms with Gasteiger partial charge in [-0.3, -0.25) is 9.59 Å². The number of carbonyl (C=O) groups excluding carboxylic acids is 3. The zero-order valence-electron chi connectivity index (χ0n) is 19.8. The molecule has 0 spiro atoms. The minimum Gasteiger partial charge on any atom is -0.421 e. The summed E-state index contributed by atoms with van der Waals surface area (Å²) >= 11 is 18.8. The number of rotatable bonds is 7. The smallest absolute Gasteiger partial charge is 0.343 e. The molecule has 0 aliphatic heterocycles. The van der Waals surface area contributed by atoms with Crippen molar-refractivity contribution >= 4 is 84.7 Å². The Hall–Kier alpha value is -3.50. The summed E-state index contributed by atoms with van der Waals surface area (Å²) in [5.41, 5.74) is 4.12. The third kappa shape index (κ3) is 7.54.